The van der Waals surface area contributed by atoms with Gasteiger partial charge >= 0.3 is 0 Å². The standard InChI is InChI=1S/C13H25N3O4/c1-13(2,3)12(11-17)10-15-6-4-14(5-7-15)8-9-20-16(18)19/h11-12H,4-10H2,1-3H3. The van der Waals surface area contributed by atoms with E-state index in [2.05, 4.69) is 35.4 Å². The second-order valence-electron chi connectivity index (χ2n) is 6.31. The summed E-state index contributed by atoms with van der Waals surface area (Å²) in [5, 5.41) is 9.31. The van der Waals surface area contributed by atoms with Gasteiger partial charge in [-0.2, -0.15) is 0 Å². The zero-order valence-corrected chi connectivity index (χ0v) is 12.6. The Morgan fingerprint density at radius 3 is 2.25 bits per heavy atom. The summed E-state index contributed by atoms with van der Waals surface area (Å²) in [4.78, 5) is 30.0. The van der Waals surface area contributed by atoms with Crippen LogP contribution in [0.3, 0.4) is 0 Å². The van der Waals surface area contributed by atoms with Gasteiger partial charge in [0, 0.05) is 45.2 Å². The Bertz CT molecular complexity index is 322. The van der Waals surface area contributed by atoms with E-state index < -0.39 is 5.09 Å². The molecule has 0 saturated carbocycles. The monoisotopic (exact) mass is 287 g/mol. The molecule has 0 spiro atoms. The van der Waals surface area contributed by atoms with Crippen LogP contribution in [0.5, 0.6) is 0 Å². The second kappa shape index (κ2) is 7.54. The van der Waals surface area contributed by atoms with E-state index in [4.69, 9.17) is 0 Å². The first-order valence-electron chi connectivity index (χ1n) is 7.00. The van der Waals surface area contributed by atoms with Crippen LogP contribution in [0.4, 0.5) is 0 Å². The van der Waals surface area contributed by atoms with Crippen molar-refractivity contribution in [3.8, 4) is 0 Å². The molecule has 0 amide bonds. The highest BCUT2D eigenvalue weighted by Gasteiger charge is 2.27. The molecular weight excluding hydrogens is 262 g/mol. The van der Waals surface area contributed by atoms with Gasteiger partial charge in [-0.3, -0.25) is 4.90 Å². The summed E-state index contributed by atoms with van der Waals surface area (Å²) in [5.41, 5.74) is -0.0154. The molecule has 1 atom stereocenters. The average Bonchev–Trinajstić information content (AvgIpc) is 2.35. The summed E-state index contributed by atoms with van der Waals surface area (Å²) < 4.78 is 0. The van der Waals surface area contributed by atoms with E-state index in [0.717, 1.165) is 39.0 Å². The van der Waals surface area contributed by atoms with Crippen LogP contribution >= 0.6 is 0 Å². The van der Waals surface area contributed by atoms with Gasteiger partial charge in [0.25, 0.3) is 5.09 Å². The van der Waals surface area contributed by atoms with Gasteiger partial charge in [-0.05, 0) is 5.41 Å². The van der Waals surface area contributed by atoms with Crippen LogP contribution < -0.4 is 0 Å². The molecule has 1 heterocycles. The first-order valence-corrected chi connectivity index (χ1v) is 7.00. The maximum Gasteiger partial charge on any atom is 0.294 e. The summed E-state index contributed by atoms with van der Waals surface area (Å²) in [6.45, 7) is 11.2. The minimum atomic E-state index is -0.756. The van der Waals surface area contributed by atoms with Crippen molar-refractivity contribution in [2.75, 3.05) is 45.9 Å². The summed E-state index contributed by atoms with van der Waals surface area (Å²) in [7, 11) is 0. The quantitative estimate of drug-likeness (QED) is 0.389. The zero-order chi connectivity index (χ0) is 15.2. The third-order valence-corrected chi connectivity index (χ3v) is 3.80. The third kappa shape index (κ3) is 5.83. The van der Waals surface area contributed by atoms with Gasteiger partial charge in [-0.15, -0.1) is 10.1 Å². The van der Waals surface area contributed by atoms with Crippen LogP contribution in [0.2, 0.25) is 0 Å². The molecule has 0 aromatic heterocycles. The Hall–Kier alpha value is -1.21. The van der Waals surface area contributed by atoms with Crippen molar-refractivity contribution >= 4 is 6.29 Å². The predicted molar refractivity (Wildman–Crippen MR) is 74.8 cm³/mol. The Labute approximate surface area is 120 Å². The minimum Gasteiger partial charge on any atom is -0.313 e. The van der Waals surface area contributed by atoms with Gasteiger partial charge < -0.3 is 14.5 Å². The molecule has 0 bridgehead atoms. The molecule has 1 rings (SSSR count). The van der Waals surface area contributed by atoms with E-state index in [-0.39, 0.29) is 17.9 Å². The molecule has 0 radical (unpaired) electrons. The number of carbonyl (C=O) groups is 1. The maximum atomic E-state index is 11.2. The van der Waals surface area contributed by atoms with Gasteiger partial charge in [0.1, 0.15) is 12.9 Å². The molecule has 0 aromatic rings. The van der Waals surface area contributed by atoms with Crippen LogP contribution in [0.15, 0.2) is 0 Å². The first kappa shape index (κ1) is 16.8. The van der Waals surface area contributed by atoms with Crippen LogP contribution in [0.25, 0.3) is 0 Å². The number of hydrogen-bond donors (Lipinski definition) is 0. The molecule has 1 fully saturated rings. The van der Waals surface area contributed by atoms with Crippen molar-refractivity contribution in [1.82, 2.24) is 9.80 Å². The number of rotatable bonds is 7. The molecule has 7 nitrogen and oxygen atoms in total. The SMILES string of the molecule is CC(C)(C)C(C=O)CN1CCN(CCO[N+](=O)[O-])CC1. The summed E-state index contributed by atoms with van der Waals surface area (Å²) in [6, 6.07) is 0. The first-order chi connectivity index (χ1) is 9.32. The fourth-order valence-electron chi connectivity index (χ4n) is 2.24. The lowest BCUT2D eigenvalue weighted by Gasteiger charge is -2.37. The van der Waals surface area contributed by atoms with Gasteiger partial charge in [0.2, 0.25) is 0 Å². The Morgan fingerprint density at radius 2 is 1.80 bits per heavy atom. The van der Waals surface area contributed by atoms with Crippen molar-refractivity contribution in [3.63, 3.8) is 0 Å². The topological polar surface area (TPSA) is 75.9 Å². The number of hydrogen-bond acceptors (Lipinski definition) is 6. The van der Waals surface area contributed by atoms with Crippen LogP contribution in [0.1, 0.15) is 20.8 Å². The van der Waals surface area contributed by atoms with Crippen LogP contribution in [0, 0.1) is 21.4 Å². The number of piperazine rings is 1. The number of carbonyl (C=O) groups excluding carboxylic acids is 1. The minimum absolute atomic E-state index is 0.0154. The van der Waals surface area contributed by atoms with Crippen molar-refractivity contribution in [2.24, 2.45) is 11.3 Å². The molecule has 20 heavy (non-hydrogen) atoms. The molecule has 116 valence electrons. The number of aldehydes is 1. The molecule has 1 aliphatic heterocycles. The fourth-order valence-corrected chi connectivity index (χ4v) is 2.24. The molecule has 0 aromatic carbocycles. The molecule has 1 aliphatic rings. The smallest absolute Gasteiger partial charge is 0.294 e. The summed E-state index contributed by atoms with van der Waals surface area (Å²) in [5.74, 6) is 0.0341. The highest BCUT2D eigenvalue weighted by Crippen LogP contribution is 2.25. The predicted octanol–water partition coefficient (Wildman–Crippen LogP) is 0.674. The van der Waals surface area contributed by atoms with E-state index in [1.54, 1.807) is 0 Å². The second-order valence-corrected chi connectivity index (χ2v) is 6.31. The van der Waals surface area contributed by atoms with Gasteiger partial charge in [0.15, 0.2) is 0 Å². The Morgan fingerprint density at radius 1 is 1.25 bits per heavy atom. The number of nitrogens with zero attached hydrogens (tertiary/aromatic N) is 3. The van der Waals surface area contributed by atoms with Crippen LogP contribution in [-0.4, -0.2) is 67.0 Å². The highest BCUT2D eigenvalue weighted by atomic mass is 16.9. The Kier molecular flexibility index (Phi) is 6.35. The lowest BCUT2D eigenvalue weighted by molar-refractivity contribution is -0.757. The molecule has 1 saturated heterocycles. The lowest BCUT2D eigenvalue weighted by Crippen LogP contribution is -2.49. The average molecular weight is 287 g/mol. The van der Waals surface area contributed by atoms with E-state index in [1.165, 1.54) is 0 Å². The van der Waals surface area contributed by atoms with Crippen molar-refractivity contribution < 1.29 is 14.7 Å². The van der Waals surface area contributed by atoms with Gasteiger partial charge in [0.05, 0.1) is 0 Å². The molecular formula is C13H25N3O4. The molecule has 0 aliphatic carbocycles. The highest BCUT2D eigenvalue weighted by molar-refractivity contribution is 5.55. The lowest BCUT2D eigenvalue weighted by atomic mass is 9.81. The molecule has 7 heteroatoms. The van der Waals surface area contributed by atoms with Crippen molar-refractivity contribution in [1.29, 1.82) is 0 Å². The van der Waals surface area contributed by atoms with Crippen LogP contribution in [-0.2, 0) is 9.63 Å². The Balaban J connectivity index is 2.28. The normalized spacial score (nSPS) is 19.6. The summed E-state index contributed by atoms with van der Waals surface area (Å²) in [6.07, 6.45) is 1.05. The summed E-state index contributed by atoms with van der Waals surface area (Å²) >= 11 is 0. The van der Waals surface area contributed by atoms with Gasteiger partial charge in [-0.1, -0.05) is 20.8 Å². The molecule has 1 unspecified atom stereocenters. The molecule has 0 N–H and O–H groups in total. The van der Waals surface area contributed by atoms with Crippen molar-refractivity contribution in [3.05, 3.63) is 10.1 Å². The maximum absolute atomic E-state index is 11.2. The largest absolute Gasteiger partial charge is 0.313 e. The van der Waals surface area contributed by atoms with E-state index in [1.807, 2.05) is 0 Å². The van der Waals surface area contributed by atoms with Gasteiger partial charge in [-0.25, -0.2) is 0 Å². The fraction of sp³-hybridized carbons (Fsp3) is 0.923. The van der Waals surface area contributed by atoms with Crippen molar-refractivity contribution in [2.45, 2.75) is 20.8 Å². The third-order valence-electron chi connectivity index (χ3n) is 3.80. The zero-order valence-electron chi connectivity index (χ0n) is 12.6. The van der Waals surface area contributed by atoms with E-state index in [9.17, 15) is 14.9 Å². The van der Waals surface area contributed by atoms with E-state index in [0.29, 0.717) is 6.54 Å². The van der Waals surface area contributed by atoms with E-state index >= 15 is 0 Å².